The largest absolute Gasteiger partial charge is 0.465 e. The molecular weight excluding hydrogens is 484 g/mol. The van der Waals surface area contributed by atoms with Crippen molar-refractivity contribution in [3.63, 3.8) is 0 Å². The van der Waals surface area contributed by atoms with Crippen molar-refractivity contribution in [3.05, 3.63) is 46.9 Å². The third kappa shape index (κ3) is 4.46. The maximum Gasteiger partial charge on any atom is 0.407 e. The summed E-state index contributed by atoms with van der Waals surface area (Å²) >= 11 is 0. The van der Waals surface area contributed by atoms with Gasteiger partial charge in [-0.1, -0.05) is 13.0 Å². The molecule has 0 saturated carbocycles. The zero-order valence-electron chi connectivity index (χ0n) is 22.5. The molecule has 1 N–H and O–H groups in total. The number of hydrogen-bond acceptors (Lipinski definition) is 7. The molecule has 1 atom stereocenters. The summed E-state index contributed by atoms with van der Waals surface area (Å²) in [5.74, 6) is 2.67. The Morgan fingerprint density at radius 2 is 2.00 bits per heavy atom. The van der Waals surface area contributed by atoms with Crippen LogP contribution < -0.4 is 9.80 Å². The van der Waals surface area contributed by atoms with Crippen LogP contribution >= 0.6 is 0 Å². The van der Waals surface area contributed by atoms with Crippen molar-refractivity contribution in [3.8, 4) is 11.5 Å². The Morgan fingerprint density at radius 3 is 2.71 bits per heavy atom. The van der Waals surface area contributed by atoms with E-state index >= 15 is 0 Å². The van der Waals surface area contributed by atoms with Gasteiger partial charge in [0.15, 0.2) is 5.82 Å². The van der Waals surface area contributed by atoms with Crippen molar-refractivity contribution in [2.75, 3.05) is 23.9 Å². The highest BCUT2D eigenvalue weighted by atomic mass is 16.4. The number of pyridine rings is 2. The normalized spacial score (nSPS) is 16.5. The minimum absolute atomic E-state index is 0.0797. The van der Waals surface area contributed by atoms with E-state index in [1.165, 1.54) is 11.9 Å². The predicted molar refractivity (Wildman–Crippen MR) is 143 cm³/mol. The van der Waals surface area contributed by atoms with Gasteiger partial charge < -0.3 is 19.5 Å². The van der Waals surface area contributed by atoms with Crippen LogP contribution in [-0.4, -0.2) is 66.9 Å². The van der Waals surface area contributed by atoms with Crippen LogP contribution in [0.4, 0.5) is 16.4 Å². The average Bonchev–Trinajstić information content (AvgIpc) is 3.49. The van der Waals surface area contributed by atoms with Gasteiger partial charge in [-0.05, 0) is 51.3 Å². The summed E-state index contributed by atoms with van der Waals surface area (Å²) < 4.78 is 2.20. The van der Waals surface area contributed by atoms with Crippen molar-refractivity contribution in [2.24, 2.45) is 0 Å². The molecule has 5 heterocycles. The van der Waals surface area contributed by atoms with Crippen LogP contribution in [0.3, 0.4) is 0 Å². The summed E-state index contributed by atoms with van der Waals surface area (Å²) in [5, 5.41) is 18.4. The summed E-state index contributed by atoms with van der Waals surface area (Å²) in [6, 6.07) is 7.89. The van der Waals surface area contributed by atoms with Gasteiger partial charge in [0.25, 0.3) is 5.91 Å². The van der Waals surface area contributed by atoms with Gasteiger partial charge in [0.05, 0.1) is 24.3 Å². The second-order valence-corrected chi connectivity index (χ2v) is 10.3. The minimum atomic E-state index is -1.05. The smallest absolute Gasteiger partial charge is 0.407 e. The Bertz CT molecular complexity index is 1380. The van der Waals surface area contributed by atoms with Crippen molar-refractivity contribution >= 4 is 23.6 Å². The molecule has 2 aliphatic rings. The molecule has 0 spiro atoms. The van der Waals surface area contributed by atoms with Gasteiger partial charge in [-0.3, -0.25) is 9.69 Å². The molecule has 200 valence electrons. The third-order valence-electron chi connectivity index (χ3n) is 7.62. The molecule has 3 aromatic heterocycles. The molecule has 0 aliphatic carbocycles. The van der Waals surface area contributed by atoms with E-state index in [4.69, 9.17) is 9.97 Å². The van der Waals surface area contributed by atoms with Gasteiger partial charge >= 0.3 is 6.09 Å². The number of rotatable bonds is 7. The SMILES string of the molecule is CCC1CCCc2nnc(-c3cccc(N4Cc5c(cc(N(C)C(C)C)nc5CN(C)C(=O)O)C4=O)n3)n21. The fourth-order valence-corrected chi connectivity index (χ4v) is 5.17. The second-order valence-electron chi connectivity index (χ2n) is 10.3. The van der Waals surface area contributed by atoms with Gasteiger partial charge in [-0.15, -0.1) is 10.2 Å². The Hall–Kier alpha value is -4.02. The molecule has 0 aromatic carbocycles. The van der Waals surface area contributed by atoms with Gasteiger partial charge in [-0.25, -0.2) is 14.8 Å². The number of aromatic nitrogens is 5. The Kier molecular flexibility index (Phi) is 6.77. The molecule has 2 amide bonds. The molecule has 2 aliphatic heterocycles. The molecule has 0 saturated heterocycles. The Morgan fingerprint density at radius 1 is 1.21 bits per heavy atom. The minimum Gasteiger partial charge on any atom is -0.465 e. The van der Waals surface area contributed by atoms with Crippen LogP contribution in [0.5, 0.6) is 0 Å². The average molecular weight is 519 g/mol. The van der Waals surface area contributed by atoms with E-state index in [1.54, 1.807) is 11.0 Å². The molecule has 1 unspecified atom stereocenters. The summed E-state index contributed by atoms with van der Waals surface area (Å²) in [5.41, 5.74) is 2.49. The topological polar surface area (TPSA) is 121 Å². The Balaban J connectivity index is 1.52. The molecule has 5 rings (SSSR count). The van der Waals surface area contributed by atoms with Crippen molar-refractivity contribution in [1.29, 1.82) is 0 Å². The first-order chi connectivity index (χ1) is 18.2. The van der Waals surface area contributed by atoms with E-state index < -0.39 is 6.09 Å². The number of fused-ring (bicyclic) bond motifs is 2. The lowest BCUT2D eigenvalue weighted by molar-refractivity contribution is 0.0996. The maximum absolute atomic E-state index is 13.7. The Labute approximate surface area is 222 Å². The monoisotopic (exact) mass is 518 g/mol. The highest BCUT2D eigenvalue weighted by Gasteiger charge is 2.34. The highest BCUT2D eigenvalue weighted by molar-refractivity contribution is 6.10. The van der Waals surface area contributed by atoms with Crippen molar-refractivity contribution in [1.82, 2.24) is 29.6 Å². The van der Waals surface area contributed by atoms with E-state index in [0.29, 0.717) is 34.6 Å². The summed E-state index contributed by atoms with van der Waals surface area (Å²) in [7, 11) is 3.41. The first-order valence-corrected chi connectivity index (χ1v) is 13.1. The van der Waals surface area contributed by atoms with Gasteiger partial charge in [-0.2, -0.15) is 0 Å². The standard InChI is InChI=1S/C27H34N8O3/c1-6-17-9-7-12-23-30-31-25(35(17)23)20-10-8-11-22(28-20)34-14-19-18(26(34)36)13-24(33(5)16(2)3)29-21(19)15-32(4)27(37)38/h8,10-11,13,16-17H,6-7,9,12,14-15H2,1-5H3,(H,37,38). The molecule has 0 bridgehead atoms. The van der Waals surface area contributed by atoms with Crippen LogP contribution in [0.25, 0.3) is 11.5 Å². The first kappa shape index (κ1) is 25.6. The second kappa shape index (κ2) is 10.0. The van der Waals surface area contributed by atoms with Crippen molar-refractivity contribution < 1.29 is 14.7 Å². The molecule has 0 radical (unpaired) electrons. The zero-order valence-corrected chi connectivity index (χ0v) is 22.5. The molecule has 11 nitrogen and oxygen atoms in total. The van der Waals surface area contributed by atoms with Gasteiger partial charge in [0, 0.05) is 38.2 Å². The third-order valence-corrected chi connectivity index (χ3v) is 7.62. The fraction of sp³-hybridized carbons (Fsp3) is 0.481. The van der Waals surface area contributed by atoms with E-state index in [9.17, 15) is 14.7 Å². The van der Waals surface area contributed by atoms with E-state index in [0.717, 1.165) is 42.9 Å². The number of carboxylic acid groups (broad SMARTS) is 1. The van der Waals surface area contributed by atoms with Gasteiger partial charge in [0.2, 0.25) is 0 Å². The molecular formula is C27H34N8O3. The number of amides is 2. The lowest BCUT2D eigenvalue weighted by Crippen LogP contribution is -2.29. The first-order valence-electron chi connectivity index (χ1n) is 13.1. The number of anilines is 2. The number of carbonyl (C=O) groups excluding carboxylic acids is 1. The van der Waals surface area contributed by atoms with E-state index in [-0.39, 0.29) is 25.0 Å². The molecule has 38 heavy (non-hydrogen) atoms. The highest BCUT2D eigenvalue weighted by Crippen LogP contribution is 2.35. The molecule has 0 fully saturated rings. The molecule has 3 aromatic rings. The maximum atomic E-state index is 13.7. The summed E-state index contributed by atoms with van der Waals surface area (Å²) in [6.07, 6.45) is 3.02. The van der Waals surface area contributed by atoms with Crippen LogP contribution in [0.2, 0.25) is 0 Å². The van der Waals surface area contributed by atoms with Crippen LogP contribution in [0.1, 0.15) is 73.5 Å². The number of carbonyl (C=O) groups is 2. The van der Waals surface area contributed by atoms with E-state index in [2.05, 4.69) is 21.7 Å². The van der Waals surface area contributed by atoms with Crippen LogP contribution in [-0.2, 0) is 19.5 Å². The van der Waals surface area contributed by atoms with E-state index in [1.807, 2.05) is 44.0 Å². The predicted octanol–water partition coefficient (Wildman–Crippen LogP) is 4.14. The quantitative estimate of drug-likeness (QED) is 0.496. The molecule has 11 heteroatoms. The number of aryl methyl sites for hydroxylation is 1. The fourth-order valence-electron chi connectivity index (χ4n) is 5.17. The van der Waals surface area contributed by atoms with Crippen LogP contribution in [0.15, 0.2) is 24.3 Å². The lowest BCUT2D eigenvalue weighted by atomic mass is 10.0. The zero-order chi connectivity index (χ0) is 27.1. The van der Waals surface area contributed by atoms with Crippen molar-refractivity contribution in [2.45, 2.75) is 71.6 Å². The lowest BCUT2D eigenvalue weighted by Gasteiger charge is -2.25. The summed E-state index contributed by atoms with van der Waals surface area (Å²) in [4.78, 5) is 39.7. The van der Waals surface area contributed by atoms with Crippen LogP contribution in [0, 0.1) is 0 Å². The number of nitrogens with zero attached hydrogens (tertiary/aromatic N) is 8. The summed E-state index contributed by atoms with van der Waals surface area (Å²) in [6.45, 7) is 6.59. The number of hydrogen-bond donors (Lipinski definition) is 1. The van der Waals surface area contributed by atoms with Gasteiger partial charge in [0.1, 0.15) is 23.2 Å².